The zero-order valence-electron chi connectivity index (χ0n) is 10.9. The first-order valence-electron chi connectivity index (χ1n) is 6.78. The Morgan fingerprint density at radius 3 is 3.06 bits per heavy atom. The monoisotopic (exact) mass is 233 g/mol. The minimum absolute atomic E-state index is 0.494. The number of nitrogens with one attached hydrogen (secondary N) is 1. The van der Waals surface area contributed by atoms with Gasteiger partial charge in [0.15, 0.2) is 0 Å². The maximum Gasteiger partial charge on any atom is 0.128 e. The zero-order chi connectivity index (χ0) is 12.1. The molecule has 1 aliphatic heterocycles. The van der Waals surface area contributed by atoms with Gasteiger partial charge in [0.05, 0.1) is 0 Å². The molecule has 1 aromatic heterocycles. The minimum Gasteiger partial charge on any atom is -0.316 e. The second-order valence-electron chi connectivity index (χ2n) is 5.30. The van der Waals surface area contributed by atoms with Crippen molar-refractivity contribution in [3.05, 3.63) is 23.8 Å². The van der Waals surface area contributed by atoms with Crippen molar-refractivity contribution in [2.24, 2.45) is 5.92 Å². The summed E-state index contributed by atoms with van der Waals surface area (Å²) >= 11 is 0. The van der Waals surface area contributed by atoms with Gasteiger partial charge in [-0.2, -0.15) is 0 Å². The molecule has 0 spiro atoms. The van der Waals surface area contributed by atoms with Crippen molar-refractivity contribution in [3.8, 4) is 0 Å². The van der Waals surface area contributed by atoms with E-state index in [1.54, 1.807) is 0 Å². The number of hydrogen-bond acceptors (Lipinski definition) is 3. The van der Waals surface area contributed by atoms with Gasteiger partial charge < -0.3 is 5.32 Å². The fourth-order valence-corrected chi connectivity index (χ4v) is 2.36. The molecule has 1 N–H and O–H groups in total. The summed E-state index contributed by atoms with van der Waals surface area (Å²) in [7, 11) is 0. The Balaban J connectivity index is 1.87. The maximum absolute atomic E-state index is 4.63. The minimum atomic E-state index is 0.494. The number of nitrogens with zero attached hydrogens (tertiary/aromatic N) is 2. The molecule has 3 nitrogen and oxygen atoms in total. The van der Waals surface area contributed by atoms with Crippen molar-refractivity contribution in [1.29, 1.82) is 0 Å². The predicted molar refractivity (Wildman–Crippen MR) is 70.0 cm³/mol. The Hall–Kier alpha value is -0.960. The summed E-state index contributed by atoms with van der Waals surface area (Å²) < 4.78 is 0. The predicted octanol–water partition coefficient (Wildman–Crippen LogP) is 2.53. The second-order valence-corrected chi connectivity index (χ2v) is 5.30. The van der Waals surface area contributed by atoms with E-state index < -0.39 is 0 Å². The topological polar surface area (TPSA) is 37.8 Å². The van der Waals surface area contributed by atoms with Crippen LogP contribution in [0.2, 0.25) is 0 Å². The van der Waals surface area contributed by atoms with Crippen LogP contribution in [-0.2, 0) is 6.42 Å². The molecule has 2 rings (SSSR count). The third-order valence-corrected chi connectivity index (χ3v) is 3.49. The van der Waals surface area contributed by atoms with E-state index >= 15 is 0 Å². The SMILES string of the molecule is CC(C)c1ccnc(CCC2CCCNC2)n1. The molecule has 0 radical (unpaired) electrons. The smallest absolute Gasteiger partial charge is 0.128 e. The van der Waals surface area contributed by atoms with Crippen LogP contribution in [0.5, 0.6) is 0 Å². The van der Waals surface area contributed by atoms with Crippen molar-refractivity contribution in [3.63, 3.8) is 0 Å². The molecule has 94 valence electrons. The van der Waals surface area contributed by atoms with Gasteiger partial charge in [0.25, 0.3) is 0 Å². The number of hydrogen-bond donors (Lipinski definition) is 1. The first-order chi connectivity index (χ1) is 8.25. The standard InChI is InChI=1S/C14H23N3/c1-11(2)13-7-9-16-14(17-13)6-5-12-4-3-8-15-10-12/h7,9,11-12,15H,3-6,8,10H2,1-2H3. The van der Waals surface area contributed by atoms with E-state index in [2.05, 4.69) is 29.1 Å². The molecule has 1 fully saturated rings. The van der Waals surface area contributed by atoms with E-state index in [9.17, 15) is 0 Å². The van der Waals surface area contributed by atoms with Gasteiger partial charge in [-0.05, 0) is 50.3 Å². The van der Waals surface area contributed by atoms with Crippen molar-refractivity contribution >= 4 is 0 Å². The molecule has 1 saturated heterocycles. The van der Waals surface area contributed by atoms with Crippen LogP contribution in [0.3, 0.4) is 0 Å². The Bertz CT molecular complexity index is 343. The third-order valence-electron chi connectivity index (χ3n) is 3.49. The third kappa shape index (κ3) is 3.77. The van der Waals surface area contributed by atoms with E-state index in [-0.39, 0.29) is 0 Å². The molecule has 1 atom stereocenters. The van der Waals surface area contributed by atoms with Gasteiger partial charge in [0, 0.05) is 18.3 Å². The molecule has 0 saturated carbocycles. The van der Waals surface area contributed by atoms with E-state index in [0.717, 1.165) is 23.9 Å². The summed E-state index contributed by atoms with van der Waals surface area (Å²) in [6, 6.07) is 2.02. The highest BCUT2D eigenvalue weighted by molar-refractivity contribution is 5.06. The number of aryl methyl sites for hydroxylation is 1. The molecule has 0 bridgehead atoms. The van der Waals surface area contributed by atoms with Crippen LogP contribution < -0.4 is 5.32 Å². The first kappa shape index (κ1) is 12.5. The highest BCUT2D eigenvalue weighted by Gasteiger charge is 2.13. The number of aromatic nitrogens is 2. The van der Waals surface area contributed by atoms with Gasteiger partial charge >= 0.3 is 0 Å². The molecule has 1 unspecified atom stereocenters. The van der Waals surface area contributed by atoms with Crippen LogP contribution in [0.4, 0.5) is 0 Å². The van der Waals surface area contributed by atoms with Crippen LogP contribution in [-0.4, -0.2) is 23.1 Å². The van der Waals surface area contributed by atoms with Gasteiger partial charge in [-0.25, -0.2) is 9.97 Å². The summed E-state index contributed by atoms with van der Waals surface area (Å²) in [6.45, 7) is 6.72. The van der Waals surface area contributed by atoms with E-state index in [1.165, 1.54) is 32.4 Å². The lowest BCUT2D eigenvalue weighted by Crippen LogP contribution is -2.30. The van der Waals surface area contributed by atoms with E-state index in [1.807, 2.05) is 12.3 Å². The second kappa shape index (κ2) is 6.10. The van der Waals surface area contributed by atoms with Crippen LogP contribution >= 0.6 is 0 Å². The lowest BCUT2D eigenvalue weighted by atomic mass is 9.94. The number of piperidine rings is 1. The highest BCUT2D eigenvalue weighted by Crippen LogP contribution is 2.16. The Morgan fingerprint density at radius 1 is 1.47 bits per heavy atom. The molecule has 0 aromatic carbocycles. The van der Waals surface area contributed by atoms with E-state index in [4.69, 9.17) is 0 Å². The van der Waals surface area contributed by atoms with Gasteiger partial charge in [-0.3, -0.25) is 0 Å². The normalized spacial score (nSPS) is 20.8. The van der Waals surface area contributed by atoms with Crippen molar-refractivity contribution in [1.82, 2.24) is 15.3 Å². The van der Waals surface area contributed by atoms with Gasteiger partial charge in [0.1, 0.15) is 5.82 Å². The summed E-state index contributed by atoms with van der Waals surface area (Å²) in [5.74, 6) is 2.32. The first-order valence-corrected chi connectivity index (χ1v) is 6.78. The molecule has 17 heavy (non-hydrogen) atoms. The van der Waals surface area contributed by atoms with Crippen LogP contribution in [0, 0.1) is 5.92 Å². The Labute approximate surface area is 104 Å². The van der Waals surface area contributed by atoms with Gasteiger partial charge in [-0.15, -0.1) is 0 Å². The molecule has 1 aliphatic rings. The zero-order valence-corrected chi connectivity index (χ0v) is 10.9. The van der Waals surface area contributed by atoms with E-state index in [0.29, 0.717) is 5.92 Å². The molecule has 0 aliphatic carbocycles. The maximum atomic E-state index is 4.63. The van der Waals surface area contributed by atoms with Crippen molar-refractivity contribution in [2.75, 3.05) is 13.1 Å². The Kier molecular flexibility index (Phi) is 4.49. The molecular weight excluding hydrogens is 210 g/mol. The van der Waals surface area contributed by atoms with Crippen molar-refractivity contribution < 1.29 is 0 Å². The molecular formula is C14H23N3. The average Bonchev–Trinajstić information content (AvgIpc) is 2.38. The summed E-state index contributed by atoms with van der Waals surface area (Å²) in [4.78, 5) is 9.00. The summed E-state index contributed by atoms with van der Waals surface area (Å²) in [5.41, 5.74) is 1.16. The molecule has 0 amide bonds. The molecule has 1 aromatic rings. The lowest BCUT2D eigenvalue weighted by Gasteiger charge is -2.22. The summed E-state index contributed by atoms with van der Waals surface area (Å²) in [5, 5.41) is 3.46. The van der Waals surface area contributed by atoms with Crippen molar-refractivity contribution in [2.45, 2.75) is 45.4 Å². The highest BCUT2D eigenvalue weighted by atomic mass is 14.9. The van der Waals surface area contributed by atoms with Gasteiger partial charge in [0.2, 0.25) is 0 Å². The fraction of sp³-hybridized carbons (Fsp3) is 0.714. The molecule has 3 heteroatoms. The Morgan fingerprint density at radius 2 is 2.35 bits per heavy atom. The summed E-state index contributed by atoms with van der Waals surface area (Å²) in [6.07, 6.45) is 6.81. The number of rotatable bonds is 4. The van der Waals surface area contributed by atoms with Crippen LogP contribution in [0.15, 0.2) is 12.3 Å². The fourth-order valence-electron chi connectivity index (χ4n) is 2.36. The van der Waals surface area contributed by atoms with Crippen LogP contribution in [0.1, 0.15) is 50.5 Å². The average molecular weight is 233 g/mol. The van der Waals surface area contributed by atoms with Gasteiger partial charge in [-0.1, -0.05) is 13.8 Å². The quantitative estimate of drug-likeness (QED) is 0.868. The molecule has 2 heterocycles. The lowest BCUT2D eigenvalue weighted by molar-refractivity contribution is 0.356. The largest absolute Gasteiger partial charge is 0.316 e. The van der Waals surface area contributed by atoms with Crippen LogP contribution in [0.25, 0.3) is 0 Å².